The van der Waals surface area contributed by atoms with Crippen molar-refractivity contribution in [3.05, 3.63) is 39.7 Å². The van der Waals surface area contributed by atoms with E-state index in [0.717, 1.165) is 5.56 Å². The number of aromatic nitrogens is 3. The van der Waals surface area contributed by atoms with Gasteiger partial charge in [0, 0.05) is 5.02 Å². The maximum absolute atomic E-state index is 12.3. The molecule has 0 aliphatic rings. The fraction of sp³-hybridized carbons (Fsp3) is 0.263. The van der Waals surface area contributed by atoms with Crippen LogP contribution >= 0.6 is 34.7 Å². The number of carbonyl (C=O) groups excluding carboxylic acids is 2. The molecular formula is C19H19ClN4O4S2. The Morgan fingerprint density at radius 2 is 2.13 bits per heavy atom. The van der Waals surface area contributed by atoms with Gasteiger partial charge in [-0.1, -0.05) is 23.4 Å². The standard InChI is InChI=1S/C19H19ClN4O4S2/c1-4-28-18(26)16-10(2)7-15(30-16)21-14(25)9-29-19-22-17(23-24-19)12-8-11(20)5-6-13(12)27-3/h5-8H,4,9H2,1-3H3,(H,21,25)(H,22,23,24). The quantitative estimate of drug-likeness (QED) is 0.374. The zero-order valence-electron chi connectivity index (χ0n) is 16.4. The molecule has 3 aromatic rings. The van der Waals surface area contributed by atoms with Crippen molar-refractivity contribution in [2.45, 2.75) is 19.0 Å². The Kier molecular flexibility index (Phi) is 7.35. The molecule has 0 bridgehead atoms. The van der Waals surface area contributed by atoms with Gasteiger partial charge < -0.3 is 14.8 Å². The van der Waals surface area contributed by atoms with E-state index in [1.807, 2.05) is 0 Å². The minimum Gasteiger partial charge on any atom is -0.496 e. The molecule has 0 aliphatic carbocycles. The van der Waals surface area contributed by atoms with Crippen molar-refractivity contribution in [1.29, 1.82) is 0 Å². The molecular weight excluding hydrogens is 448 g/mol. The smallest absolute Gasteiger partial charge is 0.348 e. The Labute approximate surface area is 186 Å². The van der Waals surface area contributed by atoms with Crippen molar-refractivity contribution in [3.63, 3.8) is 0 Å². The summed E-state index contributed by atoms with van der Waals surface area (Å²) in [7, 11) is 1.56. The third-order valence-electron chi connectivity index (χ3n) is 3.86. The van der Waals surface area contributed by atoms with Crippen LogP contribution < -0.4 is 10.1 Å². The highest BCUT2D eigenvalue weighted by Gasteiger charge is 2.17. The number of benzene rings is 1. The third kappa shape index (κ3) is 5.32. The van der Waals surface area contributed by atoms with Gasteiger partial charge in [-0.3, -0.25) is 9.89 Å². The van der Waals surface area contributed by atoms with Crippen molar-refractivity contribution in [3.8, 4) is 17.1 Å². The van der Waals surface area contributed by atoms with E-state index >= 15 is 0 Å². The topological polar surface area (TPSA) is 106 Å². The third-order valence-corrected chi connectivity index (χ3v) is 6.07. The summed E-state index contributed by atoms with van der Waals surface area (Å²) in [6, 6.07) is 6.94. The molecule has 3 rings (SSSR count). The molecule has 0 spiro atoms. The fourth-order valence-electron chi connectivity index (χ4n) is 2.54. The normalized spacial score (nSPS) is 10.7. The van der Waals surface area contributed by atoms with Crippen molar-refractivity contribution in [2.24, 2.45) is 0 Å². The number of nitrogens with one attached hydrogen (secondary N) is 2. The first-order chi connectivity index (χ1) is 14.4. The number of amides is 1. The zero-order valence-corrected chi connectivity index (χ0v) is 18.8. The van der Waals surface area contributed by atoms with E-state index in [1.165, 1.54) is 23.1 Å². The summed E-state index contributed by atoms with van der Waals surface area (Å²) in [5.74, 6) is 0.582. The molecule has 0 unspecified atom stereocenters. The molecule has 0 saturated heterocycles. The number of thioether (sulfide) groups is 1. The predicted octanol–water partition coefficient (Wildman–Crippen LogP) is 4.41. The van der Waals surface area contributed by atoms with E-state index in [0.29, 0.717) is 43.8 Å². The Bertz CT molecular complexity index is 1070. The second-order valence-corrected chi connectivity index (χ2v) is 8.42. The average Bonchev–Trinajstić information content (AvgIpc) is 3.33. The Balaban J connectivity index is 1.61. The molecule has 0 aliphatic heterocycles. The van der Waals surface area contributed by atoms with Crippen LogP contribution in [0.15, 0.2) is 29.4 Å². The van der Waals surface area contributed by atoms with Crippen molar-refractivity contribution in [2.75, 3.05) is 24.8 Å². The van der Waals surface area contributed by atoms with Crippen molar-refractivity contribution in [1.82, 2.24) is 15.2 Å². The van der Waals surface area contributed by atoms with Crippen LogP contribution in [0.2, 0.25) is 5.02 Å². The predicted molar refractivity (Wildman–Crippen MR) is 118 cm³/mol. The van der Waals surface area contributed by atoms with E-state index in [9.17, 15) is 9.59 Å². The number of carbonyl (C=O) groups is 2. The average molecular weight is 467 g/mol. The molecule has 0 atom stereocenters. The monoisotopic (exact) mass is 466 g/mol. The number of methoxy groups -OCH3 is 1. The minimum atomic E-state index is -0.389. The lowest BCUT2D eigenvalue weighted by Crippen LogP contribution is -2.13. The molecule has 2 aromatic heterocycles. The maximum atomic E-state index is 12.3. The number of esters is 1. The number of rotatable bonds is 8. The Hall–Kier alpha value is -2.56. The molecule has 0 radical (unpaired) electrons. The largest absolute Gasteiger partial charge is 0.496 e. The zero-order chi connectivity index (χ0) is 21.7. The molecule has 11 heteroatoms. The number of nitrogens with zero attached hydrogens (tertiary/aromatic N) is 2. The lowest BCUT2D eigenvalue weighted by molar-refractivity contribution is -0.113. The van der Waals surface area contributed by atoms with Crippen LogP contribution in [0.4, 0.5) is 5.00 Å². The molecule has 0 fully saturated rings. The molecule has 1 aromatic carbocycles. The van der Waals surface area contributed by atoms with E-state index in [4.69, 9.17) is 21.1 Å². The van der Waals surface area contributed by atoms with Crippen LogP contribution in [0.25, 0.3) is 11.4 Å². The molecule has 8 nitrogen and oxygen atoms in total. The van der Waals surface area contributed by atoms with Gasteiger partial charge in [-0.2, -0.15) is 0 Å². The van der Waals surface area contributed by atoms with Crippen LogP contribution in [0.1, 0.15) is 22.2 Å². The van der Waals surface area contributed by atoms with E-state index in [1.54, 1.807) is 45.2 Å². The van der Waals surface area contributed by atoms with E-state index in [2.05, 4.69) is 20.5 Å². The number of hydrogen-bond donors (Lipinski definition) is 2. The summed E-state index contributed by atoms with van der Waals surface area (Å²) >= 11 is 8.42. The van der Waals surface area contributed by atoms with Gasteiger partial charge in [0.2, 0.25) is 11.1 Å². The number of aryl methyl sites for hydroxylation is 1. The number of aromatic amines is 1. The second kappa shape index (κ2) is 9.96. The molecule has 2 heterocycles. The highest BCUT2D eigenvalue weighted by molar-refractivity contribution is 7.99. The molecule has 1 amide bonds. The van der Waals surface area contributed by atoms with Gasteiger partial charge in [0.05, 0.1) is 30.0 Å². The van der Waals surface area contributed by atoms with Gasteiger partial charge >= 0.3 is 5.97 Å². The van der Waals surface area contributed by atoms with Crippen LogP contribution in [0.5, 0.6) is 5.75 Å². The number of anilines is 1. The van der Waals surface area contributed by atoms with Gasteiger partial charge in [-0.25, -0.2) is 9.78 Å². The highest BCUT2D eigenvalue weighted by Crippen LogP contribution is 2.31. The number of ether oxygens (including phenoxy) is 2. The van der Waals surface area contributed by atoms with Crippen LogP contribution in [0.3, 0.4) is 0 Å². The van der Waals surface area contributed by atoms with Crippen LogP contribution in [0, 0.1) is 6.92 Å². The van der Waals surface area contributed by atoms with Crippen LogP contribution in [-0.2, 0) is 9.53 Å². The lowest BCUT2D eigenvalue weighted by atomic mass is 10.2. The summed E-state index contributed by atoms with van der Waals surface area (Å²) in [5, 5.41) is 11.3. The number of thiophene rings is 1. The van der Waals surface area contributed by atoms with Crippen LogP contribution in [-0.4, -0.2) is 46.5 Å². The number of halogens is 1. The van der Waals surface area contributed by atoms with E-state index < -0.39 is 0 Å². The first kappa shape index (κ1) is 22.1. The molecule has 158 valence electrons. The first-order valence-corrected chi connectivity index (χ1v) is 11.1. The van der Waals surface area contributed by atoms with Gasteiger partial charge in [0.1, 0.15) is 10.6 Å². The van der Waals surface area contributed by atoms with Gasteiger partial charge in [-0.05, 0) is 43.7 Å². The SMILES string of the molecule is CCOC(=O)c1sc(NC(=O)CSc2n[nH]c(-c3cc(Cl)ccc3OC)n2)cc1C. The highest BCUT2D eigenvalue weighted by atomic mass is 35.5. The lowest BCUT2D eigenvalue weighted by Gasteiger charge is -2.05. The van der Waals surface area contributed by atoms with Crippen molar-refractivity contribution >= 4 is 51.6 Å². The van der Waals surface area contributed by atoms with Crippen molar-refractivity contribution < 1.29 is 19.1 Å². The first-order valence-electron chi connectivity index (χ1n) is 8.87. The maximum Gasteiger partial charge on any atom is 0.348 e. The van der Waals surface area contributed by atoms with Gasteiger partial charge in [-0.15, -0.1) is 16.4 Å². The molecule has 2 N–H and O–H groups in total. The second-order valence-electron chi connectivity index (χ2n) is 5.99. The number of H-pyrrole nitrogens is 1. The molecule has 0 saturated carbocycles. The summed E-state index contributed by atoms with van der Waals surface area (Å²) in [4.78, 5) is 29.0. The van der Waals surface area contributed by atoms with Gasteiger partial charge in [0.25, 0.3) is 0 Å². The summed E-state index contributed by atoms with van der Waals surface area (Å²) in [5.41, 5.74) is 1.44. The van der Waals surface area contributed by atoms with Gasteiger partial charge in [0.15, 0.2) is 5.82 Å². The minimum absolute atomic E-state index is 0.107. The summed E-state index contributed by atoms with van der Waals surface area (Å²) in [6.45, 7) is 3.85. The molecule has 30 heavy (non-hydrogen) atoms. The van der Waals surface area contributed by atoms with E-state index in [-0.39, 0.29) is 17.6 Å². The number of hydrogen-bond acceptors (Lipinski definition) is 8. The Morgan fingerprint density at radius 1 is 1.33 bits per heavy atom. The summed E-state index contributed by atoms with van der Waals surface area (Å²) < 4.78 is 10.3. The summed E-state index contributed by atoms with van der Waals surface area (Å²) in [6.07, 6.45) is 0. The fourth-order valence-corrected chi connectivity index (χ4v) is 4.30. The Morgan fingerprint density at radius 3 is 2.87 bits per heavy atom.